The molecule has 2 unspecified atom stereocenters. The number of halogens is 3. The van der Waals surface area contributed by atoms with Crippen LogP contribution in [0.5, 0.6) is 0 Å². The standard InChI is InChI=1S/C14H18BrCl2NO2S/c15-12-5-6-14(13(17)7-12)21(19,20)18-9-11-4-2-1-3-10(11)8-16/h5-7,10-11,18H,1-4,8-9H2. The fraction of sp³-hybridized carbons (Fsp3) is 0.571. The minimum atomic E-state index is -3.58. The molecule has 118 valence electrons. The fourth-order valence-corrected chi connectivity index (χ4v) is 5.28. The molecule has 1 aromatic carbocycles. The predicted molar refractivity (Wildman–Crippen MR) is 90.5 cm³/mol. The Labute approximate surface area is 144 Å². The molecule has 0 heterocycles. The molecule has 0 spiro atoms. The number of rotatable bonds is 5. The van der Waals surface area contributed by atoms with Gasteiger partial charge in [-0.2, -0.15) is 0 Å². The van der Waals surface area contributed by atoms with Crippen molar-refractivity contribution in [2.45, 2.75) is 30.6 Å². The van der Waals surface area contributed by atoms with Crippen LogP contribution in [-0.2, 0) is 10.0 Å². The van der Waals surface area contributed by atoms with Crippen molar-refractivity contribution in [1.29, 1.82) is 0 Å². The van der Waals surface area contributed by atoms with Gasteiger partial charge in [-0.3, -0.25) is 0 Å². The first-order chi connectivity index (χ1) is 9.94. The van der Waals surface area contributed by atoms with Crippen molar-refractivity contribution < 1.29 is 8.42 Å². The van der Waals surface area contributed by atoms with Gasteiger partial charge in [0.25, 0.3) is 0 Å². The number of sulfonamides is 1. The molecular formula is C14H18BrCl2NO2S. The van der Waals surface area contributed by atoms with Gasteiger partial charge in [-0.15, -0.1) is 11.6 Å². The highest BCUT2D eigenvalue weighted by Crippen LogP contribution is 2.31. The normalized spacial score (nSPS) is 23.2. The molecule has 1 aromatic rings. The molecule has 3 nitrogen and oxygen atoms in total. The average Bonchev–Trinajstić information content (AvgIpc) is 2.45. The summed E-state index contributed by atoms with van der Waals surface area (Å²) in [5.74, 6) is 1.29. The van der Waals surface area contributed by atoms with E-state index in [0.29, 0.717) is 24.3 Å². The highest BCUT2D eigenvalue weighted by atomic mass is 79.9. The zero-order chi connectivity index (χ0) is 15.5. The van der Waals surface area contributed by atoms with E-state index in [1.807, 2.05) is 0 Å². The Bertz CT molecular complexity index is 595. The van der Waals surface area contributed by atoms with Crippen molar-refractivity contribution >= 4 is 49.2 Å². The zero-order valence-corrected chi connectivity index (χ0v) is 15.4. The lowest BCUT2D eigenvalue weighted by atomic mass is 9.80. The van der Waals surface area contributed by atoms with Gasteiger partial charge < -0.3 is 0 Å². The van der Waals surface area contributed by atoms with E-state index in [9.17, 15) is 8.42 Å². The molecule has 0 radical (unpaired) electrons. The number of hydrogen-bond acceptors (Lipinski definition) is 2. The highest BCUT2D eigenvalue weighted by molar-refractivity contribution is 9.10. The summed E-state index contributed by atoms with van der Waals surface area (Å²) in [5, 5.41) is 0.217. The Kier molecular flexibility index (Phi) is 6.38. The van der Waals surface area contributed by atoms with Gasteiger partial charge in [-0.25, -0.2) is 13.1 Å². The van der Waals surface area contributed by atoms with Crippen LogP contribution in [0.15, 0.2) is 27.6 Å². The smallest absolute Gasteiger partial charge is 0.211 e. The van der Waals surface area contributed by atoms with Crippen molar-refractivity contribution in [2.24, 2.45) is 11.8 Å². The zero-order valence-electron chi connectivity index (χ0n) is 11.5. The van der Waals surface area contributed by atoms with E-state index in [4.69, 9.17) is 23.2 Å². The van der Waals surface area contributed by atoms with Crippen LogP contribution < -0.4 is 4.72 Å². The van der Waals surface area contributed by atoms with E-state index in [0.717, 1.165) is 23.7 Å². The molecule has 1 aliphatic carbocycles. The Morgan fingerprint density at radius 3 is 2.52 bits per heavy atom. The van der Waals surface area contributed by atoms with Crippen LogP contribution in [0.2, 0.25) is 5.02 Å². The highest BCUT2D eigenvalue weighted by Gasteiger charge is 2.26. The second-order valence-electron chi connectivity index (χ2n) is 5.39. The van der Waals surface area contributed by atoms with Gasteiger partial charge in [-0.05, 0) is 42.9 Å². The van der Waals surface area contributed by atoms with Gasteiger partial charge in [0.2, 0.25) is 10.0 Å². The Hall–Kier alpha value is 0.190. The summed E-state index contributed by atoms with van der Waals surface area (Å²) in [5.41, 5.74) is 0. The van der Waals surface area contributed by atoms with Crippen LogP contribution in [-0.4, -0.2) is 20.8 Å². The van der Waals surface area contributed by atoms with Crippen molar-refractivity contribution in [3.05, 3.63) is 27.7 Å². The summed E-state index contributed by atoms with van der Waals surface area (Å²) in [6.45, 7) is 0.423. The molecule has 1 aliphatic rings. The van der Waals surface area contributed by atoms with Crippen LogP contribution >= 0.6 is 39.1 Å². The van der Waals surface area contributed by atoms with E-state index < -0.39 is 10.0 Å². The third kappa shape index (κ3) is 4.58. The fourth-order valence-electron chi connectivity index (χ4n) is 2.74. The molecule has 0 saturated heterocycles. The summed E-state index contributed by atoms with van der Waals surface area (Å²) in [6.07, 6.45) is 4.42. The first kappa shape index (κ1) is 17.5. The van der Waals surface area contributed by atoms with Gasteiger partial charge in [0.1, 0.15) is 4.90 Å². The molecule has 0 bridgehead atoms. The number of nitrogens with one attached hydrogen (secondary N) is 1. The average molecular weight is 415 g/mol. The van der Waals surface area contributed by atoms with Gasteiger partial charge in [-0.1, -0.05) is 40.4 Å². The van der Waals surface area contributed by atoms with Crippen molar-refractivity contribution in [2.75, 3.05) is 12.4 Å². The van der Waals surface area contributed by atoms with Crippen molar-refractivity contribution in [3.63, 3.8) is 0 Å². The van der Waals surface area contributed by atoms with E-state index >= 15 is 0 Å². The maximum absolute atomic E-state index is 12.4. The maximum Gasteiger partial charge on any atom is 0.242 e. The lowest BCUT2D eigenvalue weighted by molar-refractivity contribution is 0.260. The monoisotopic (exact) mass is 413 g/mol. The molecule has 2 atom stereocenters. The molecule has 1 saturated carbocycles. The molecule has 2 rings (SSSR count). The topological polar surface area (TPSA) is 46.2 Å². The minimum Gasteiger partial charge on any atom is -0.211 e. The van der Waals surface area contributed by atoms with Crippen LogP contribution in [0, 0.1) is 11.8 Å². The van der Waals surface area contributed by atoms with E-state index in [-0.39, 0.29) is 9.92 Å². The first-order valence-electron chi connectivity index (χ1n) is 6.94. The Morgan fingerprint density at radius 2 is 1.90 bits per heavy atom. The van der Waals surface area contributed by atoms with Gasteiger partial charge in [0.15, 0.2) is 0 Å². The van der Waals surface area contributed by atoms with Crippen LogP contribution in [0.25, 0.3) is 0 Å². The summed E-state index contributed by atoms with van der Waals surface area (Å²) in [6, 6.07) is 4.76. The maximum atomic E-state index is 12.4. The largest absolute Gasteiger partial charge is 0.242 e. The van der Waals surface area contributed by atoms with Gasteiger partial charge in [0.05, 0.1) is 5.02 Å². The summed E-state index contributed by atoms with van der Waals surface area (Å²) < 4.78 is 28.2. The van der Waals surface area contributed by atoms with Crippen LogP contribution in [0.1, 0.15) is 25.7 Å². The molecule has 21 heavy (non-hydrogen) atoms. The minimum absolute atomic E-state index is 0.116. The SMILES string of the molecule is O=S(=O)(NCC1CCCCC1CCl)c1ccc(Br)cc1Cl. The first-order valence-corrected chi connectivity index (χ1v) is 10.1. The third-order valence-electron chi connectivity index (χ3n) is 3.98. The number of alkyl halides is 1. The van der Waals surface area contributed by atoms with E-state index in [1.165, 1.54) is 12.5 Å². The molecule has 0 aliphatic heterocycles. The van der Waals surface area contributed by atoms with Crippen molar-refractivity contribution in [1.82, 2.24) is 4.72 Å². The summed E-state index contributed by atoms with van der Waals surface area (Å²) >= 11 is 15.3. The van der Waals surface area contributed by atoms with E-state index in [1.54, 1.807) is 12.1 Å². The molecule has 1 N–H and O–H groups in total. The number of benzene rings is 1. The summed E-state index contributed by atoms with van der Waals surface area (Å²) in [7, 11) is -3.58. The predicted octanol–water partition coefficient (Wildman–Crippen LogP) is 4.43. The molecule has 7 heteroatoms. The molecule has 0 amide bonds. The quantitative estimate of drug-likeness (QED) is 0.724. The summed E-state index contributed by atoms with van der Waals surface area (Å²) in [4.78, 5) is 0.116. The third-order valence-corrected chi connectivity index (χ3v) is 6.78. The van der Waals surface area contributed by atoms with Gasteiger partial charge in [0, 0.05) is 16.9 Å². The lowest BCUT2D eigenvalue weighted by Gasteiger charge is -2.30. The molecular weight excluding hydrogens is 397 g/mol. The molecule has 1 fully saturated rings. The van der Waals surface area contributed by atoms with Crippen LogP contribution in [0.4, 0.5) is 0 Å². The Balaban J connectivity index is 2.07. The van der Waals surface area contributed by atoms with Crippen LogP contribution in [0.3, 0.4) is 0 Å². The van der Waals surface area contributed by atoms with Gasteiger partial charge >= 0.3 is 0 Å². The second kappa shape index (κ2) is 7.64. The van der Waals surface area contributed by atoms with E-state index in [2.05, 4.69) is 20.7 Å². The second-order valence-corrected chi connectivity index (χ2v) is 8.75. The lowest BCUT2D eigenvalue weighted by Crippen LogP contribution is -2.35. The molecule has 0 aromatic heterocycles. The van der Waals surface area contributed by atoms with Crippen molar-refractivity contribution in [3.8, 4) is 0 Å². The number of hydrogen-bond donors (Lipinski definition) is 1. The Morgan fingerprint density at radius 1 is 1.24 bits per heavy atom.